The number of hydrogen-bond donors (Lipinski definition) is 1. The second-order valence-electron chi connectivity index (χ2n) is 9.53. The van der Waals surface area contributed by atoms with Gasteiger partial charge in [-0.2, -0.15) is 5.10 Å². The molecule has 0 radical (unpaired) electrons. The molecule has 5 rings (SSSR count). The summed E-state index contributed by atoms with van der Waals surface area (Å²) in [4.78, 5) is 12.7. The molecule has 1 aliphatic rings. The number of benzene rings is 3. The summed E-state index contributed by atoms with van der Waals surface area (Å²) in [5.74, 6) is 0.489. The second-order valence-corrected chi connectivity index (χ2v) is 9.53. The van der Waals surface area contributed by atoms with Crippen molar-refractivity contribution in [3.63, 3.8) is 0 Å². The van der Waals surface area contributed by atoms with Crippen LogP contribution in [0.1, 0.15) is 43.9 Å². The minimum Gasteiger partial charge on any atom is -0.484 e. The number of nitrogens with one attached hydrogen (secondary N) is 1. The number of nitrogens with zero attached hydrogens (tertiary/aromatic N) is 2. The van der Waals surface area contributed by atoms with Gasteiger partial charge < -0.3 is 10.1 Å². The lowest BCUT2D eigenvalue weighted by molar-refractivity contribution is -0.127. The Bertz CT molecular complexity index is 1340. The van der Waals surface area contributed by atoms with E-state index >= 15 is 0 Å². The number of amides is 1. The molecule has 1 saturated carbocycles. The quantitative estimate of drug-likeness (QED) is 0.376. The van der Waals surface area contributed by atoms with Crippen LogP contribution in [0.25, 0.3) is 16.6 Å². The predicted molar refractivity (Wildman–Crippen MR) is 131 cm³/mol. The van der Waals surface area contributed by atoms with Gasteiger partial charge in [-0.05, 0) is 74.7 Å². The topological polar surface area (TPSA) is 56.1 Å². The Labute approximate surface area is 198 Å². The van der Waals surface area contributed by atoms with Crippen LogP contribution in [0.5, 0.6) is 5.75 Å². The molecule has 1 N–H and O–H groups in total. The van der Waals surface area contributed by atoms with E-state index in [1.165, 1.54) is 12.1 Å². The number of carbonyl (C=O) groups excluding carboxylic acids is 1. The molecule has 0 saturated heterocycles. The third-order valence-corrected chi connectivity index (χ3v) is 6.61. The molecule has 0 aliphatic heterocycles. The number of halogens is 1. The minimum atomic E-state index is -0.351. The summed E-state index contributed by atoms with van der Waals surface area (Å²) in [6.45, 7) is 6.04. The van der Waals surface area contributed by atoms with Crippen molar-refractivity contribution in [2.75, 3.05) is 0 Å². The van der Waals surface area contributed by atoms with E-state index in [1.807, 2.05) is 57.2 Å². The second kappa shape index (κ2) is 8.60. The van der Waals surface area contributed by atoms with Gasteiger partial charge in [-0.15, -0.1) is 0 Å². The first-order chi connectivity index (χ1) is 16.3. The maximum absolute atomic E-state index is 13.3. The van der Waals surface area contributed by atoms with Crippen LogP contribution < -0.4 is 10.1 Å². The fourth-order valence-electron chi connectivity index (χ4n) is 4.20. The molecule has 2 atom stereocenters. The van der Waals surface area contributed by atoms with Gasteiger partial charge in [0.05, 0.1) is 23.4 Å². The molecule has 174 valence electrons. The van der Waals surface area contributed by atoms with Crippen LogP contribution in [0.3, 0.4) is 0 Å². The van der Waals surface area contributed by atoms with Crippen molar-refractivity contribution in [3.8, 4) is 11.4 Å². The molecule has 0 spiro atoms. The number of aryl methyl sites for hydroxylation is 1. The third-order valence-electron chi connectivity index (χ3n) is 6.61. The van der Waals surface area contributed by atoms with Crippen LogP contribution in [0.4, 0.5) is 4.39 Å². The molecule has 3 aromatic carbocycles. The zero-order chi connectivity index (χ0) is 23.9. The minimum absolute atomic E-state index is 0.0808. The lowest BCUT2D eigenvalue weighted by Gasteiger charge is -2.28. The number of fused-ring (bicyclic) bond motifs is 1. The lowest BCUT2D eigenvalue weighted by atomic mass is 10.00. The summed E-state index contributed by atoms with van der Waals surface area (Å²) in [6.07, 6.45) is 3.27. The summed E-state index contributed by atoms with van der Waals surface area (Å²) in [5, 5.41) is 8.56. The lowest BCUT2D eigenvalue weighted by Crippen LogP contribution is -2.42. The van der Waals surface area contributed by atoms with Crippen LogP contribution in [-0.2, 0) is 4.79 Å². The fourth-order valence-corrected chi connectivity index (χ4v) is 4.20. The van der Waals surface area contributed by atoms with Crippen molar-refractivity contribution in [1.29, 1.82) is 0 Å². The number of rotatable bonds is 7. The Balaban J connectivity index is 1.43. The number of ether oxygens (including phenoxy) is 1. The highest BCUT2D eigenvalue weighted by Gasteiger charge is 2.45. The Morgan fingerprint density at radius 2 is 1.88 bits per heavy atom. The molecule has 1 heterocycles. The van der Waals surface area contributed by atoms with Crippen molar-refractivity contribution in [2.24, 2.45) is 5.41 Å². The highest BCUT2D eigenvalue weighted by Crippen LogP contribution is 2.45. The summed E-state index contributed by atoms with van der Waals surface area (Å²) in [6, 6.07) is 20.0. The Morgan fingerprint density at radius 1 is 1.12 bits per heavy atom. The van der Waals surface area contributed by atoms with Crippen LogP contribution >= 0.6 is 0 Å². The first kappa shape index (κ1) is 22.1. The number of hydrogen-bond acceptors (Lipinski definition) is 3. The summed E-state index contributed by atoms with van der Waals surface area (Å²) < 4.78 is 21.6. The molecule has 0 unspecified atom stereocenters. The van der Waals surface area contributed by atoms with Crippen molar-refractivity contribution in [1.82, 2.24) is 15.1 Å². The maximum atomic E-state index is 13.3. The molecular formula is C28H28FN3O2. The largest absolute Gasteiger partial charge is 0.484 e. The standard InChI is InChI=1S/C28H28FN3O2/c1-18-5-4-6-20(15-18)26(19(2)31-27(33)28(3)13-14-28)34-24-11-12-25-21(16-24)17-30-32(25)23-9-7-22(29)8-10-23/h4-12,15-17,19,26H,13-14H2,1-3H3,(H,31,33)/t19-,26+/m0/s1. The summed E-state index contributed by atoms with van der Waals surface area (Å²) in [5.41, 5.74) is 3.58. The molecule has 1 fully saturated rings. The molecule has 4 aromatic rings. The highest BCUT2D eigenvalue weighted by atomic mass is 19.1. The van der Waals surface area contributed by atoms with E-state index in [1.54, 1.807) is 23.0 Å². The number of aromatic nitrogens is 2. The molecule has 1 amide bonds. The smallest absolute Gasteiger partial charge is 0.226 e. The van der Waals surface area contributed by atoms with Gasteiger partial charge in [-0.3, -0.25) is 4.79 Å². The van der Waals surface area contributed by atoms with Gasteiger partial charge in [-0.1, -0.05) is 36.8 Å². The Kier molecular flexibility index (Phi) is 5.60. The average Bonchev–Trinajstić information content (AvgIpc) is 3.44. The average molecular weight is 458 g/mol. The molecule has 1 aromatic heterocycles. The first-order valence-electron chi connectivity index (χ1n) is 11.6. The normalized spacial score (nSPS) is 16.1. The zero-order valence-corrected chi connectivity index (χ0v) is 19.6. The zero-order valence-electron chi connectivity index (χ0n) is 19.6. The first-order valence-corrected chi connectivity index (χ1v) is 11.6. The highest BCUT2D eigenvalue weighted by molar-refractivity contribution is 5.85. The van der Waals surface area contributed by atoms with Crippen molar-refractivity contribution >= 4 is 16.8 Å². The van der Waals surface area contributed by atoms with Crippen LogP contribution in [0.2, 0.25) is 0 Å². The van der Waals surface area contributed by atoms with E-state index < -0.39 is 0 Å². The van der Waals surface area contributed by atoms with Crippen LogP contribution in [0.15, 0.2) is 72.9 Å². The van der Waals surface area contributed by atoms with E-state index in [0.717, 1.165) is 40.6 Å². The molecule has 34 heavy (non-hydrogen) atoms. The molecule has 1 aliphatic carbocycles. The van der Waals surface area contributed by atoms with Gasteiger partial charge in [0.2, 0.25) is 5.91 Å². The predicted octanol–water partition coefficient (Wildman–Crippen LogP) is 5.90. The van der Waals surface area contributed by atoms with Gasteiger partial charge in [0.15, 0.2) is 0 Å². The van der Waals surface area contributed by atoms with Gasteiger partial charge in [0, 0.05) is 10.8 Å². The molecule has 5 nitrogen and oxygen atoms in total. The monoisotopic (exact) mass is 457 g/mol. The van der Waals surface area contributed by atoms with E-state index in [2.05, 4.69) is 16.5 Å². The van der Waals surface area contributed by atoms with Gasteiger partial charge in [0.1, 0.15) is 17.7 Å². The van der Waals surface area contributed by atoms with E-state index in [-0.39, 0.29) is 29.3 Å². The van der Waals surface area contributed by atoms with Crippen LogP contribution in [0, 0.1) is 18.2 Å². The summed E-state index contributed by atoms with van der Waals surface area (Å²) in [7, 11) is 0. The Hall–Kier alpha value is -3.67. The fraction of sp³-hybridized carbons (Fsp3) is 0.286. The van der Waals surface area contributed by atoms with E-state index in [0.29, 0.717) is 5.75 Å². The number of carbonyl (C=O) groups is 1. The third kappa shape index (κ3) is 4.40. The maximum Gasteiger partial charge on any atom is 0.226 e. The Morgan fingerprint density at radius 3 is 2.59 bits per heavy atom. The van der Waals surface area contributed by atoms with Gasteiger partial charge >= 0.3 is 0 Å². The van der Waals surface area contributed by atoms with Crippen molar-refractivity contribution < 1.29 is 13.9 Å². The van der Waals surface area contributed by atoms with Crippen LogP contribution in [-0.4, -0.2) is 21.7 Å². The van der Waals surface area contributed by atoms with Crippen molar-refractivity contribution in [2.45, 2.75) is 45.8 Å². The molecule has 0 bridgehead atoms. The SMILES string of the molecule is Cc1cccc([C@H](Oc2ccc3c(cnn3-c3ccc(F)cc3)c2)[C@H](C)NC(=O)C2(C)CC2)c1. The van der Waals surface area contributed by atoms with Gasteiger partial charge in [-0.25, -0.2) is 9.07 Å². The van der Waals surface area contributed by atoms with E-state index in [4.69, 9.17) is 4.74 Å². The molecular weight excluding hydrogens is 429 g/mol. The van der Waals surface area contributed by atoms with E-state index in [9.17, 15) is 9.18 Å². The van der Waals surface area contributed by atoms with Gasteiger partial charge in [0.25, 0.3) is 0 Å². The molecule has 6 heteroatoms. The van der Waals surface area contributed by atoms with Crippen molar-refractivity contribution in [3.05, 3.63) is 89.9 Å². The summed E-state index contributed by atoms with van der Waals surface area (Å²) >= 11 is 0.